The number of aryl methyl sites for hydroxylation is 1. The average Bonchev–Trinajstić information content (AvgIpc) is 2.31. The second-order valence-electron chi connectivity index (χ2n) is 3.96. The molecule has 0 atom stereocenters. The first kappa shape index (κ1) is 13.5. The molecule has 0 amide bonds. The Labute approximate surface area is 101 Å². The Bertz CT molecular complexity index is 390. The first-order chi connectivity index (χ1) is 8.10. The summed E-state index contributed by atoms with van der Waals surface area (Å²) in [5, 5.41) is 17.7. The van der Waals surface area contributed by atoms with Gasteiger partial charge in [0.15, 0.2) is 0 Å². The molecule has 0 spiro atoms. The SMILES string of the molecule is CCN(CCCO)c1ccc(C(=O)O)cc1C. The fraction of sp³-hybridized carbons (Fsp3) is 0.462. The van der Waals surface area contributed by atoms with E-state index in [1.807, 2.05) is 19.9 Å². The summed E-state index contributed by atoms with van der Waals surface area (Å²) in [5.74, 6) is -0.905. The van der Waals surface area contributed by atoms with Crippen LogP contribution in [-0.2, 0) is 0 Å². The highest BCUT2D eigenvalue weighted by molar-refractivity contribution is 5.88. The van der Waals surface area contributed by atoms with E-state index in [1.165, 1.54) is 0 Å². The molecule has 4 nitrogen and oxygen atoms in total. The van der Waals surface area contributed by atoms with Crippen molar-refractivity contribution in [1.29, 1.82) is 0 Å². The lowest BCUT2D eigenvalue weighted by Crippen LogP contribution is -2.25. The maximum Gasteiger partial charge on any atom is 0.335 e. The van der Waals surface area contributed by atoms with Gasteiger partial charge in [0, 0.05) is 25.4 Å². The summed E-state index contributed by atoms with van der Waals surface area (Å²) in [7, 11) is 0. The van der Waals surface area contributed by atoms with Crippen LogP contribution in [0.3, 0.4) is 0 Å². The molecule has 4 heteroatoms. The van der Waals surface area contributed by atoms with E-state index in [4.69, 9.17) is 10.2 Å². The highest BCUT2D eigenvalue weighted by Crippen LogP contribution is 2.21. The van der Waals surface area contributed by atoms with Crippen molar-refractivity contribution in [3.8, 4) is 0 Å². The number of rotatable bonds is 6. The number of aliphatic hydroxyl groups is 1. The van der Waals surface area contributed by atoms with Crippen LogP contribution in [0.2, 0.25) is 0 Å². The summed E-state index contributed by atoms with van der Waals surface area (Å²) >= 11 is 0. The lowest BCUT2D eigenvalue weighted by Gasteiger charge is -2.24. The van der Waals surface area contributed by atoms with Crippen LogP contribution in [0, 0.1) is 6.92 Å². The van der Waals surface area contributed by atoms with E-state index < -0.39 is 5.97 Å². The van der Waals surface area contributed by atoms with Gasteiger partial charge in [0.2, 0.25) is 0 Å². The third kappa shape index (κ3) is 3.46. The highest BCUT2D eigenvalue weighted by atomic mass is 16.4. The minimum atomic E-state index is -0.905. The van der Waals surface area contributed by atoms with Gasteiger partial charge in [-0.15, -0.1) is 0 Å². The molecule has 1 aromatic rings. The Kier molecular flexibility index (Phi) is 4.97. The molecular formula is C13H19NO3. The molecule has 2 N–H and O–H groups in total. The molecule has 0 radical (unpaired) electrons. The predicted octanol–water partition coefficient (Wildman–Crippen LogP) is 1.90. The first-order valence-electron chi connectivity index (χ1n) is 5.80. The largest absolute Gasteiger partial charge is 0.478 e. The maximum absolute atomic E-state index is 10.8. The topological polar surface area (TPSA) is 60.8 Å². The van der Waals surface area contributed by atoms with Crippen LogP contribution in [0.5, 0.6) is 0 Å². The van der Waals surface area contributed by atoms with Gasteiger partial charge in [0.05, 0.1) is 5.56 Å². The molecule has 0 heterocycles. The molecule has 94 valence electrons. The van der Waals surface area contributed by atoms with Gasteiger partial charge in [-0.2, -0.15) is 0 Å². The molecule has 17 heavy (non-hydrogen) atoms. The summed E-state index contributed by atoms with van der Waals surface area (Å²) in [5.41, 5.74) is 2.29. The summed E-state index contributed by atoms with van der Waals surface area (Å²) in [4.78, 5) is 13.0. The van der Waals surface area contributed by atoms with Gasteiger partial charge in [-0.1, -0.05) is 0 Å². The van der Waals surface area contributed by atoms with Gasteiger partial charge in [-0.3, -0.25) is 0 Å². The second kappa shape index (κ2) is 6.25. The number of hydrogen-bond donors (Lipinski definition) is 2. The third-order valence-corrected chi connectivity index (χ3v) is 2.75. The van der Waals surface area contributed by atoms with Crippen LogP contribution >= 0.6 is 0 Å². The fourth-order valence-corrected chi connectivity index (χ4v) is 1.85. The van der Waals surface area contributed by atoms with E-state index >= 15 is 0 Å². The van der Waals surface area contributed by atoms with Gasteiger partial charge in [-0.25, -0.2) is 4.79 Å². The standard InChI is InChI=1S/C13H19NO3/c1-3-14(7-4-8-15)12-6-5-11(13(16)17)9-10(12)2/h5-6,9,15H,3-4,7-8H2,1-2H3,(H,16,17). The molecule has 0 saturated heterocycles. The zero-order valence-corrected chi connectivity index (χ0v) is 10.3. The molecule has 1 aromatic carbocycles. The summed E-state index contributed by atoms with van der Waals surface area (Å²) < 4.78 is 0. The van der Waals surface area contributed by atoms with Crippen molar-refractivity contribution in [1.82, 2.24) is 0 Å². The normalized spacial score (nSPS) is 10.3. The molecule has 0 fully saturated rings. The van der Waals surface area contributed by atoms with Crippen molar-refractivity contribution in [3.05, 3.63) is 29.3 Å². The fourth-order valence-electron chi connectivity index (χ4n) is 1.85. The van der Waals surface area contributed by atoms with Gasteiger partial charge >= 0.3 is 5.97 Å². The molecule has 0 aliphatic carbocycles. The van der Waals surface area contributed by atoms with Crippen LogP contribution in [0.15, 0.2) is 18.2 Å². The van der Waals surface area contributed by atoms with E-state index in [0.717, 1.165) is 24.3 Å². The Morgan fingerprint density at radius 2 is 2.12 bits per heavy atom. The van der Waals surface area contributed by atoms with Crippen LogP contribution in [0.25, 0.3) is 0 Å². The van der Waals surface area contributed by atoms with Crippen molar-refractivity contribution in [2.24, 2.45) is 0 Å². The Morgan fingerprint density at radius 1 is 1.41 bits per heavy atom. The molecule has 0 bridgehead atoms. The monoisotopic (exact) mass is 237 g/mol. The number of carbonyl (C=O) groups is 1. The molecule has 0 saturated carbocycles. The van der Waals surface area contributed by atoms with Gasteiger partial charge in [0.1, 0.15) is 0 Å². The summed E-state index contributed by atoms with van der Waals surface area (Å²) in [6, 6.07) is 5.13. The smallest absolute Gasteiger partial charge is 0.335 e. The number of aliphatic hydroxyl groups excluding tert-OH is 1. The Morgan fingerprint density at radius 3 is 2.59 bits per heavy atom. The van der Waals surface area contributed by atoms with E-state index in [1.54, 1.807) is 12.1 Å². The molecule has 0 aliphatic heterocycles. The average molecular weight is 237 g/mol. The number of nitrogens with zero attached hydrogens (tertiary/aromatic N) is 1. The Hall–Kier alpha value is -1.55. The summed E-state index contributed by atoms with van der Waals surface area (Å²) in [6.45, 7) is 5.74. The maximum atomic E-state index is 10.8. The minimum Gasteiger partial charge on any atom is -0.478 e. The van der Waals surface area contributed by atoms with Crippen LogP contribution in [-0.4, -0.2) is 35.9 Å². The molecule has 1 rings (SSSR count). The summed E-state index contributed by atoms with van der Waals surface area (Å²) in [6.07, 6.45) is 0.716. The van der Waals surface area contributed by atoms with Crippen LogP contribution in [0.4, 0.5) is 5.69 Å². The predicted molar refractivity (Wildman–Crippen MR) is 67.7 cm³/mol. The van der Waals surface area contributed by atoms with Gasteiger partial charge in [0.25, 0.3) is 0 Å². The number of hydrogen-bond acceptors (Lipinski definition) is 3. The van der Waals surface area contributed by atoms with Crippen LogP contribution in [0.1, 0.15) is 29.3 Å². The zero-order valence-electron chi connectivity index (χ0n) is 10.3. The van der Waals surface area contributed by atoms with Gasteiger partial charge in [-0.05, 0) is 44.0 Å². The van der Waals surface area contributed by atoms with E-state index in [-0.39, 0.29) is 6.61 Å². The number of aromatic carboxylic acids is 1. The van der Waals surface area contributed by atoms with Crippen LogP contribution < -0.4 is 4.90 Å². The molecule has 0 aliphatic rings. The van der Waals surface area contributed by atoms with Gasteiger partial charge < -0.3 is 15.1 Å². The molecule has 0 unspecified atom stereocenters. The number of benzene rings is 1. The lowest BCUT2D eigenvalue weighted by atomic mass is 10.1. The number of anilines is 1. The van der Waals surface area contributed by atoms with E-state index in [2.05, 4.69) is 4.90 Å². The van der Waals surface area contributed by atoms with Crippen molar-refractivity contribution >= 4 is 11.7 Å². The van der Waals surface area contributed by atoms with E-state index in [9.17, 15) is 4.79 Å². The number of carboxylic acid groups (broad SMARTS) is 1. The first-order valence-corrected chi connectivity index (χ1v) is 5.80. The molecule has 0 aromatic heterocycles. The van der Waals surface area contributed by atoms with Crippen molar-refractivity contribution in [2.45, 2.75) is 20.3 Å². The molecular weight excluding hydrogens is 218 g/mol. The van der Waals surface area contributed by atoms with Crippen molar-refractivity contribution in [2.75, 3.05) is 24.6 Å². The van der Waals surface area contributed by atoms with Crippen molar-refractivity contribution in [3.63, 3.8) is 0 Å². The van der Waals surface area contributed by atoms with Crippen molar-refractivity contribution < 1.29 is 15.0 Å². The quantitative estimate of drug-likeness (QED) is 0.793. The third-order valence-electron chi connectivity index (χ3n) is 2.75. The highest BCUT2D eigenvalue weighted by Gasteiger charge is 2.10. The minimum absolute atomic E-state index is 0.169. The Balaban J connectivity index is 2.92. The second-order valence-corrected chi connectivity index (χ2v) is 3.96. The number of carboxylic acids is 1. The van der Waals surface area contributed by atoms with E-state index in [0.29, 0.717) is 12.0 Å². The lowest BCUT2D eigenvalue weighted by molar-refractivity contribution is 0.0697. The zero-order chi connectivity index (χ0) is 12.8.